The van der Waals surface area contributed by atoms with Crippen molar-refractivity contribution in [1.82, 2.24) is 4.90 Å². The van der Waals surface area contributed by atoms with Gasteiger partial charge in [-0.15, -0.1) is 0 Å². The molecule has 4 atom stereocenters. The van der Waals surface area contributed by atoms with Crippen molar-refractivity contribution in [3.63, 3.8) is 0 Å². The maximum Gasteiger partial charge on any atom is 0.310 e. The quantitative estimate of drug-likeness (QED) is 0.606. The average Bonchev–Trinajstić information content (AvgIpc) is 2.80. The number of benzene rings is 1. The molecule has 5 heteroatoms. The summed E-state index contributed by atoms with van der Waals surface area (Å²) >= 11 is 2.30. The molecule has 1 aromatic carbocycles. The Labute approximate surface area is 145 Å². The van der Waals surface area contributed by atoms with Crippen LogP contribution in [-0.4, -0.2) is 48.3 Å². The first-order valence-electron chi connectivity index (χ1n) is 7.85. The van der Waals surface area contributed by atoms with E-state index in [2.05, 4.69) is 51.8 Å². The number of aliphatic hydroxyl groups excluding tert-OH is 1. The Morgan fingerprint density at radius 3 is 2.73 bits per heavy atom. The van der Waals surface area contributed by atoms with Gasteiger partial charge in [-0.3, -0.25) is 9.69 Å². The third kappa shape index (κ3) is 2.90. The minimum absolute atomic E-state index is 0.114. The van der Waals surface area contributed by atoms with E-state index in [-0.39, 0.29) is 30.5 Å². The number of aliphatic hydroxyl groups is 1. The van der Waals surface area contributed by atoms with Gasteiger partial charge in [-0.05, 0) is 59.5 Å². The lowest BCUT2D eigenvalue weighted by atomic mass is 9.76. The summed E-state index contributed by atoms with van der Waals surface area (Å²) < 4.78 is 6.32. The van der Waals surface area contributed by atoms with Gasteiger partial charge in [0.05, 0.1) is 19.6 Å². The normalized spacial score (nSPS) is 31.2. The summed E-state index contributed by atoms with van der Waals surface area (Å²) in [5.41, 5.74) is 1.23. The molecule has 0 unspecified atom stereocenters. The van der Waals surface area contributed by atoms with Crippen molar-refractivity contribution in [2.24, 2.45) is 5.92 Å². The van der Waals surface area contributed by atoms with E-state index in [0.29, 0.717) is 12.6 Å². The Hall–Kier alpha value is -0.660. The van der Waals surface area contributed by atoms with Crippen molar-refractivity contribution in [2.75, 3.05) is 20.3 Å². The van der Waals surface area contributed by atoms with Gasteiger partial charge < -0.3 is 9.84 Å². The summed E-state index contributed by atoms with van der Waals surface area (Å²) in [6.07, 6.45) is 3.10. The number of hydrogen-bond acceptors (Lipinski definition) is 4. The molecule has 0 spiro atoms. The monoisotopic (exact) mass is 415 g/mol. The van der Waals surface area contributed by atoms with E-state index in [4.69, 9.17) is 4.74 Å². The number of carbonyl (C=O) groups excluding carboxylic acids is 1. The second-order valence-electron chi connectivity index (χ2n) is 6.20. The first-order valence-corrected chi connectivity index (χ1v) is 8.93. The average molecular weight is 415 g/mol. The van der Waals surface area contributed by atoms with Crippen LogP contribution in [0.3, 0.4) is 0 Å². The molecule has 2 fully saturated rings. The number of ether oxygens (including phenoxy) is 1. The molecule has 2 aliphatic heterocycles. The fraction of sp³-hybridized carbons (Fsp3) is 0.588. The number of fused-ring (bicyclic) bond motifs is 2. The number of methoxy groups -OCH3 is 1. The molecule has 120 valence electrons. The van der Waals surface area contributed by atoms with E-state index >= 15 is 0 Å². The number of carbonyl (C=O) groups is 1. The molecule has 0 radical (unpaired) electrons. The second-order valence-corrected chi connectivity index (χ2v) is 7.45. The van der Waals surface area contributed by atoms with Gasteiger partial charge in [0.25, 0.3) is 0 Å². The molecular weight excluding hydrogens is 393 g/mol. The number of piperidine rings is 1. The van der Waals surface area contributed by atoms with Crippen molar-refractivity contribution in [2.45, 2.75) is 37.3 Å². The molecule has 1 N–H and O–H groups in total. The highest BCUT2D eigenvalue weighted by Crippen LogP contribution is 2.47. The van der Waals surface area contributed by atoms with Crippen LogP contribution in [0.1, 0.15) is 30.7 Å². The largest absolute Gasteiger partial charge is 0.469 e. The molecule has 0 aliphatic carbocycles. The van der Waals surface area contributed by atoms with Crippen molar-refractivity contribution in [1.29, 1.82) is 0 Å². The van der Waals surface area contributed by atoms with Gasteiger partial charge in [0.15, 0.2) is 0 Å². The zero-order valence-electron chi connectivity index (χ0n) is 12.7. The third-order valence-electron chi connectivity index (χ3n) is 5.19. The first-order chi connectivity index (χ1) is 10.7. The summed E-state index contributed by atoms with van der Waals surface area (Å²) in [5.74, 6) is -0.0240. The van der Waals surface area contributed by atoms with E-state index in [1.807, 2.05) is 0 Å². The topological polar surface area (TPSA) is 49.8 Å². The lowest BCUT2D eigenvalue weighted by molar-refractivity contribution is -0.150. The van der Waals surface area contributed by atoms with E-state index in [9.17, 15) is 9.90 Å². The Morgan fingerprint density at radius 1 is 1.36 bits per heavy atom. The lowest BCUT2D eigenvalue weighted by Gasteiger charge is -2.43. The fourth-order valence-corrected chi connectivity index (χ4v) is 4.65. The molecule has 2 saturated heterocycles. The van der Waals surface area contributed by atoms with Crippen molar-refractivity contribution < 1.29 is 14.6 Å². The summed E-state index contributed by atoms with van der Waals surface area (Å²) in [5, 5.41) is 9.32. The molecule has 0 aromatic heterocycles. The summed E-state index contributed by atoms with van der Waals surface area (Å²) in [7, 11) is 1.48. The van der Waals surface area contributed by atoms with Crippen LogP contribution in [0.2, 0.25) is 0 Å². The SMILES string of the molecule is COC(=O)[C@H]1[C@@H](c2ccc(I)cc2)C[C@@H]2CC[C@H]1N2CCO. The Morgan fingerprint density at radius 2 is 2.09 bits per heavy atom. The lowest BCUT2D eigenvalue weighted by Crippen LogP contribution is -2.51. The number of nitrogens with zero attached hydrogens (tertiary/aromatic N) is 1. The molecule has 2 aliphatic rings. The maximum absolute atomic E-state index is 12.4. The smallest absolute Gasteiger partial charge is 0.310 e. The van der Waals surface area contributed by atoms with Crippen LogP contribution in [0.5, 0.6) is 0 Å². The van der Waals surface area contributed by atoms with Crippen molar-refractivity contribution in [3.05, 3.63) is 33.4 Å². The highest BCUT2D eigenvalue weighted by Gasteiger charge is 2.50. The third-order valence-corrected chi connectivity index (χ3v) is 5.91. The van der Waals surface area contributed by atoms with E-state index in [1.54, 1.807) is 0 Å². The highest BCUT2D eigenvalue weighted by atomic mass is 127. The van der Waals surface area contributed by atoms with Gasteiger partial charge in [0.1, 0.15) is 0 Å². The number of halogens is 1. The van der Waals surface area contributed by atoms with E-state index < -0.39 is 0 Å². The predicted octanol–water partition coefficient (Wildman–Crippen LogP) is 2.39. The van der Waals surface area contributed by atoms with E-state index in [0.717, 1.165) is 19.3 Å². The van der Waals surface area contributed by atoms with Crippen LogP contribution in [0, 0.1) is 9.49 Å². The van der Waals surface area contributed by atoms with Crippen LogP contribution in [0.15, 0.2) is 24.3 Å². The van der Waals surface area contributed by atoms with Crippen LogP contribution < -0.4 is 0 Å². The fourth-order valence-electron chi connectivity index (χ4n) is 4.29. The van der Waals surface area contributed by atoms with Crippen LogP contribution in [0.4, 0.5) is 0 Å². The van der Waals surface area contributed by atoms with Gasteiger partial charge in [-0.1, -0.05) is 12.1 Å². The van der Waals surface area contributed by atoms with Gasteiger partial charge >= 0.3 is 5.97 Å². The van der Waals surface area contributed by atoms with E-state index in [1.165, 1.54) is 16.2 Å². The molecule has 2 bridgehead atoms. The van der Waals surface area contributed by atoms with Gasteiger partial charge in [0, 0.05) is 28.1 Å². The second kappa shape index (κ2) is 6.84. The van der Waals surface area contributed by atoms with Crippen molar-refractivity contribution in [3.8, 4) is 0 Å². The Bertz CT molecular complexity index is 533. The molecule has 2 heterocycles. The number of esters is 1. The number of hydrogen-bond donors (Lipinski definition) is 1. The highest BCUT2D eigenvalue weighted by molar-refractivity contribution is 14.1. The van der Waals surface area contributed by atoms with Gasteiger partial charge in [0.2, 0.25) is 0 Å². The molecule has 4 nitrogen and oxygen atoms in total. The summed E-state index contributed by atoms with van der Waals surface area (Å²) in [4.78, 5) is 14.8. The Balaban J connectivity index is 1.92. The standard InChI is InChI=1S/C17H22INO3/c1-22-17(21)16-14(11-2-4-12(18)5-3-11)10-13-6-7-15(16)19(13)8-9-20/h2-5,13-16,20H,6-10H2,1H3/t13-,14+,15+,16-/m0/s1. The van der Waals surface area contributed by atoms with Crippen LogP contribution >= 0.6 is 22.6 Å². The van der Waals surface area contributed by atoms with Crippen molar-refractivity contribution >= 4 is 28.6 Å². The molecule has 22 heavy (non-hydrogen) atoms. The molecule has 0 saturated carbocycles. The maximum atomic E-state index is 12.4. The Kier molecular flexibility index (Phi) is 5.04. The first kappa shape index (κ1) is 16.2. The zero-order valence-corrected chi connectivity index (χ0v) is 14.9. The molecule has 3 rings (SSSR count). The van der Waals surface area contributed by atoms with Gasteiger partial charge in [-0.2, -0.15) is 0 Å². The molecule has 0 amide bonds. The summed E-state index contributed by atoms with van der Waals surface area (Å²) in [6.45, 7) is 0.803. The molecule has 1 aromatic rings. The van der Waals surface area contributed by atoms with Crippen LogP contribution in [-0.2, 0) is 9.53 Å². The molecular formula is C17H22INO3. The van der Waals surface area contributed by atoms with Gasteiger partial charge in [-0.25, -0.2) is 0 Å². The minimum Gasteiger partial charge on any atom is -0.469 e. The summed E-state index contributed by atoms with van der Waals surface area (Å²) in [6, 6.07) is 9.16. The predicted molar refractivity (Wildman–Crippen MR) is 92.6 cm³/mol. The minimum atomic E-state index is -0.129. The number of rotatable bonds is 4. The zero-order chi connectivity index (χ0) is 15.7. The van der Waals surface area contributed by atoms with Crippen LogP contribution in [0.25, 0.3) is 0 Å².